The lowest BCUT2D eigenvalue weighted by molar-refractivity contribution is -0.151. The van der Waals surface area contributed by atoms with Crippen molar-refractivity contribution in [1.29, 1.82) is 0 Å². The molecule has 1 N–H and O–H groups in total. The fourth-order valence-electron chi connectivity index (χ4n) is 2.77. The molecule has 0 aliphatic carbocycles. The summed E-state index contributed by atoms with van der Waals surface area (Å²) in [7, 11) is -3.65. The third-order valence-corrected chi connectivity index (χ3v) is 5.15. The SMILES string of the molecule is CC(C)(C)OC(=O)CS(=O)(=O)Cc1cccc(-c2ncnc3[nH]ccc23)c1. The van der Waals surface area contributed by atoms with E-state index in [2.05, 4.69) is 15.0 Å². The Kier molecular flexibility index (Phi) is 5.01. The standard InChI is InChI=1S/C19H21N3O4S/c1-19(2,3)26-16(23)11-27(24,25)10-13-5-4-6-14(9-13)17-15-7-8-20-18(15)22-12-21-17/h4-9,12H,10-11H2,1-3H3,(H,20,21,22). The van der Waals surface area contributed by atoms with E-state index in [4.69, 9.17) is 4.74 Å². The summed E-state index contributed by atoms with van der Waals surface area (Å²) in [5.41, 5.74) is 2.07. The van der Waals surface area contributed by atoms with Crippen molar-refractivity contribution in [2.24, 2.45) is 0 Å². The van der Waals surface area contributed by atoms with Gasteiger partial charge in [-0.05, 0) is 38.5 Å². The first-order valence-corrected chi connectivity index (χ1v) is 10.2. The molecule has 2 heterocycles. The van der Waals surface area contributed by atoms with Crippen molar-refractivity contribution in [3.05, 3.63) is 48.4 Å². The molecular weight excluding hydrogens is 366 g/mol. The normalized spacial score (nSPS) is 12.3. The summed E-state index contributed by atoms with van der Waals surface area (Å²) in [6, 6.07) is 8.98. The van der Waals surface area contributed by atoms with E-state index in [1.165, 1.54) is 6.33 Å². The van der Waals surface area contributed by atoms with E-state index in [9.17, 15) is 13.2 Å². The van der Waals surface area contributed by atoms with E-state index < -0.39 is 27.2 Å². The van der Waals surface area contributed by atoms with E-state index in [1.54, 1.807) is 45.2 Å². The van der Waals surface area contributed by atoms with Gasteiger partial charge in [-0.2, -0.15) is 0 Å². The van der Waals surface area contributed by atoms with Crippen LogP contribution in [-0.2, 0) is 25.1 Å². The minimum atomic E-state index is -3.65. The first-order valence-electron chi connectivity index (χ1n) is 8.43. The Morgan fingerprint density at radius 2 is 1.96 bits per heavy atom. The minimum absolute atomic E-state index is 0.249. The highest BCUT2D eigenvalue weighted by Crippen LogP contribution is 2.26. The highest BCUT2D eigenvalue weighted by atomic mass is 32.2. The Balaban J connectivity index is 1.82. The van der Waals surface area contributed by atoms with Crippen LogP contribution >= 0.6 is 0 Å². The second-order valence-electron chi connectivity index (χ2n) is 7.28. The molecule has 0 amide bonds. The van der Waals surface area contributed by atoms with Crippen LogP contribution in [0.3, 0.4) is 0 Å². The molecule has 0 fully saturated rings. The zero-order chi connectivity index (χ0) is 19.7. The molecule has 0 aliphatic rings. The number of benzene rings is 1. The van der Waals surface area contributed by atoms with Gasteiger partial charge >= 0.3 is 5.97 Å². The molecule has 0 bridgehead atoms. The topological polar surface area (TPSA) is 102 Å². The van der Waals surface area contributed by atoms with Gasteiger partial charge in [-0.3, -0.25) is 4.79 Å². The quantitative estimate of drug-likeness (QED) is 0.676. The number of nitrogens with one attached hydrogen (secondary N) is 1. The summed E-state index contributed by atoms with van der Waals surface area (Å²) in [5, 5.41) is 0.853. The van der Waals surface area contributed by atoms with E-state index in [0.29, 0.717) is 16.9 Å². The second-order valence-corrected chi connectivity index (χ2v) is 9.35. The van der Waals surface area contributed by atoms with Crippen LogP contribution < -0.4 is 0 Å². The maximum absolute atomic E-state index is 12.4. The number of hydrogen-bond donors (Lipinski definition) is 1. The summed E-state index contributed by atoms with van der Waals surface area (Å²) in [6.45, 7) is 5.10. The van der Waals surface area contributed by atoms with Crippen LogP contribution in [0.1, 0.15) is 26.3 Å². The van der Waals surface area contributed by atoms with E-state index >= 15 is 0 Å². The maximum Gasteiger partial charge on any atom is 0.321 e. The Bertz CT molecular complexity index is 1080. The average molecular weight is 387 g/mol. The third kappa shape index (κ3) is 4.91. The molecule has 7 nitrogen and oxygen atoms in total. The minimum Gasteiger partial charge on any atom is -0.459 e. The maximum atomic E-state index is 12.4. The largest absolute Gasteiger partial charge is 0.459 e. The molecule has 0 saturated carbocycles. The zero-order valence-electron chi connectivity index (χ0n) is 15.4. The lowest BCUT2D eigenvalue weighted by atomic mass is 10.1. The average Bonchev–Trinajstić information content (AvgIpc) is 3.00. The van der Waals surface area contributed by atoms with Crippen LogP contribution in [0.15, 0.2) is 42.9 Å². The van der Waals surface area contributed by atoms with Gasteiger partial charge < -0.3 is 9.72 Å². The molecule has 3 rings (SSSR count). The molecular formula is C19H21N3O4S. The van der Waals surface area contributed by atoms with Crippen molar-refractivity contribution in [2.45, 2.75) is 32.1 Å². The van der Waals surface area contributed by atoms with Crippen LogP contribution in [0, 0.1) is 0 Å². The fraction of sp³-hybridized carbons (Fsp3) is 0.316. The predicted octanol–water partition coefficient (Wildman–Crippen LogP) is 2.88. The summed E-state index contributed by atoms with van der Waals surface area (Å²) < 4.78 is 29.9. The molecule has 0 radical (unpaired) electrons. The van der Waals surface area contributed by atoms with Gasteiger partial charge in [0.1, 0.15) is 23.3 Å². The summed E-state index contributed by atoms with van der Waals surface area (Å²) in [4.78, 5) is 23.4. The molecule has 0 aliphatic heterocycles. The Morgan fingerprint density at radius 1 is 1.19 bits per heavy atom. The highest BCUT2D eigenvalue weighted by molar-refractivity contribution is 7.91. The van der Waals surface area contributed by atoms with Gasteiger partial charge in [0.05, 0.1) is 11.4 Å². The fourth-order valence-corrected chi connectivity index (χ4v) is 3.97. The number of rotatable bonds is 5. The number of fused-ring (bicyclic) bond motifs is 1. The van der Waals surface area contributed by atoms with Crippen LogP contribution in [-0.4, -0.2) is 40.7 Å². The predicted molar refractivity (Wildman–Crippen MR) is 103 cm³/mol. The van der Waals surface area contributed by atoms with Gasteiger partial charge in [0.15, 0.2) is 9.84 Å². The van der Waals surface area contributed by atoms with Crippen molar-refractivity contribution in [3.63, 3.8) is 0 Å². The first kappa shape index (κ1) is 19.0. The van der Waals surface area contributed by atoms with Crippen LogP contribution in [0.25, 0.3) is 22.3 Å². The number of H-pyrrole nitrogens is 1. The molecule has 142 valence electrons. The van der Waals surface area contributed by atoms with Crippen molar-refractivity contribution in [3.8, 4) is 11.3 Å². The van der Waals surface area contributed by atoms with Gasteiger partial charge in [-0.25, -0.2) is 18.4 Å². The smallest absolute Gasteiger partial charge is 0.321 e. The van der Waals surface area contributed by atoms with Gasteiger partial charge in [-0.15, -0.1) is 0 Å². The molecule has 0 saturated heterocycles. The van der Waals surface area contributed by atoms with Gasteiger partial charge in [-0.1, -0.05) is 18.2 Å². The lowest BCUT2D eigenvalue weighted by Crippen LogP contribution is -2.29. The Morgan fingerprint density at radius 3 is 2.70 bits per heavy atom. The second kappa shape index (κ2) is 7.11. The van der Waals surface area contributed by atoms with Crippen molar-refractivity contribution in [2.75, 3.05) is 5.75 Å². The lowest BCUT2D eigenvalue weighted by Gasteiger charge is -2.19. The van der Waals surface area contributed by atoms with Crippen LogP contribution in [0.2, 0.25) is 0 Å². The molecule has 2 aromatic heterocycles. The Hall–Kier alpha value is -2.74. The highest BCUT2D eigenvalue weighted by Gasteiger charge is 2.23. The molecule has 0 spiro atoms. The number of carbonyl (C=O) groups is 1. The first-order chi connectivity index (χ1) is 12.6. The van der Waals surface area contributed by atoms with Gasteiger partial charge in [0.2, 0.25) is 0 Å². The van der Waals surface area contributed by atoms with Crippen LogP contribution in [0.4, 0.5) is 0 Å². The summed E-state index contributed by atoms with van der Waals surface area (Å²) in [6.07, 6.45) is 3.23. The van der Waals surface area contributed by atoms with Gasteiger partial charge in [0, 0.05) is 17.1 Å². The van der Waals surface area contributed by atoms with Crippen molar-refractivity contribution < 1.29 is 17.9 Å². The number of nitrogens with zero attached hydrogens (tertiary/aromatic N) is 2. The zero-order valence-corrected chi connectivity index (χ0v) is 16.2. The van der Waals surface area contributed by atoms with Crippen LogP contribution in [0.5, 0.6) is 0 Å². The molecule has 0 unspecified atom stereocenters. The summed E-state index contributed by atoms with van der Waals surface area (Å²) in [5.74, 6) is -1.64. The third-order valence-electron chi connectivity index (χ3n) is 3.70. The molecule has 0 atom stereocenters. The molecule has 8 heteroatoms. The van der Waals surface area contributed by atoms with Gasteiger partial charge in [0.25, 0.3) is 0 Å². The number of ether oxygens (including phenoxy) is 1. The number of aromatic nitrogens is 3. The number of hydrogen-bond acceptors (Lipinski definition) is 6. The number of carbonyl (C=O) groups excluding carboxylic acids is 1. The number of sulfone groups is 1. The van der Waals surface area contributed by atoms with E-state index in [-0.39, 0.29) is 5.75 Å². The monoisotopic (exact) mass is 387 g/mol. The number of esters is 1. The number of aromatic amines is 1. The van der Waals surface area contributed by atoms with E-state index in [0.717, 1.165) is 10.9 Å². The Labute approximate surface area is 157 Å². The molecule has 1 aromatic carbocycles. The van der Waals surface area contributed by atoms with Crippen molar-refractivity contribution in [1.82, 2.24) is 15.0 Å². The molecule has 27 heavy (non-hydrogen) atoms. The van der Waals surface area contributed by atoms with E-state index in [1.807, 2.05) is 12.1 Å². The summed E-state index contributed by atoms with van der Waals surface area (Å²) >= 11 is 0. The van der Waals surface area contributed by atoms with Crippen molar-refractivity contribution >= 4 is 26.8 Å². The molecule has 3 aromatic rings.